The van der Waals surface area contributed by atoms with E-state index < -0.39 is 29.6 Å². The highest BCUT2D eigenvalue weighted by Crippen LogP contribution is 2.37. The van der Waals surface area contributed by atoms with Crippen molar-refractivity contribution in [3.63, 3.8) is 0 Å². The van der Waals surface area contributed by atoms with E-state index in [1.165, 1.54) is 19.1 Å². The molecular formula is C13H16F3NO3. The molecule has 0 heterocycles. The number of hydrogen-bond donors (Lipinski definition) is 1. The molecule has 20 heavy (non-hydrogen) atoms. The molecule has 0 saturated carbocycles. The maximum absolute atomic E-state index is 13.0. The van der Waals surface area contributed by atoms with Crippen LogP contribution in [-0.4, -0.2) is 25.7 Å². The molecule has 7 heteroatoms. The first-order valence-electron chi connectivity index (χ1n) is 5.94. The van der Waals surface area contributed by atoms with Gasteiger partial charge in [0.15, 0.2) is 6.10 Å². The van der Waals surface area contributed by atoms with Crippen molar-refractivity contribution in [3.8, 4) is 5.75 Å². The number of methoxy groups -OCH3 is 1. The zero-order valence-electron chi connectivity index (χ0n) is 11.2. The topological polar surface area (TPSA) is 61.5 Å². The van der Waals surface area contributed by atoms with Gasteiger partial charge in [-0.05, 0) is 37.6 Å². The largest absolute Gasteiger partial charge is 0.478 e. The lowest BCUT2D eigenvalue weighted by Crippen LogP contribution is -2.26. The summed E-state index contributed by atoms with van der Waals surface area (Å²) in [6, 6.07) is 3.65. The van der Waals surface area contributed by atoms with Gasteiger partial charge in [-0.1, -0.05) is 6.07 Å². The molecule has 1 aromatic carbocycles. The molecule has 0 saturated heterocycles. The highest BCUT2D eigenvalue weighted by Gasteiger charge is 2.35. The van der Waals surface area contributed by atoms with E-state index in [0.29, 0.717) is 12.0 Å². The lowest BCUT2D eigenvalue weighted by atomic mass is 10.1. The number of carbonyl (C=O) groups is 1. The summed E-state index contributed by atoms with van der Waals surface area (Å²) in [6.07, 6.45) is -5.37. The maximum Gasteiger partial charge on any atom is 0.419 e. The average molecular weight is 291 g/mol. The van der Waals surface area contributed by atoms with Crippen LogP contribution in [0.2, 0.25) is 0 Å². The fourth-order valence-corrected chi connectivity index (χ4v) is 1.63. The standard InChI is InChI=1S/C13H16F3NO3/c1-8(12(18)19-2)20-11-4-3-9(5-6-17)7-10(11)13(14,15)16/h3-4,7-8H,5-6,17H2,1-2H3. The van der Waals surface area contributed by atoms with Crippen molar-refractivity contribution < 1.29 is 27.4 Å². The van der Waals surface area contributed by atoms with Crippen LogP contribution in [0.3, 0.4) is 0 Å². The highest BCUT2D eigenvalue weighted by molar-refractivity contribution is 5.74. The molecule has 0 aliphatic rings. The Balaban J connectivity index is 3.09. The minimum absolute atomic E-state index is 0.246. The van der Waals surface area contributed by atoms with Gasteiger partial charge in [-0.2, -0.15) is 13.2 Å². The number of halogens is 3. The Bertz CT molecular complexity index is 474. The number of hydrogen-bond acceptors (Lipinski definition) is 4. The van der Waals surface area contributed by atoms with Crippen LogP contribution < -0.4 is 10.5 Å². The Hall–Kier alpha value is -1.76. The second-order valence-corrected chi connectivity index (χ2v) is 4.15. The minimum Gasteiger partial charge on any atom is -0.478 e. The smallest absolute Gasteiger partial charge is 0.419 e. The summed E-state index contributed by atoms with van der Waals surface area (Å²) < 4.78 is 48.4. The Morgan fingerprint density at radius 3 is 2.55 bits per heavy atom. The number of benzene rings is 1. The van der Waals surface area contributed by atoms with Gasteiger partial charge in [-0.3, -0.25) is 0 Å². The molecule has 0 radical (unpaired) electrons. The summed E-state index contributed by atoms with van der Waals surface area (Å²) in [6.45, 7) is 1.57. The first kappa shape index (κ1) is 16.3. The number of esters is 1. The average Bonchev–Trinajstić information content (AvgIpc) is 2.38. The molecule has 1 atom stereocenters. The van der Waals surface area contributed by atoms with Crippen molar-refractivity contribution >= 4 is 5.97 Å². The van der Waals surface area contributed by atoms with Gasteiger partial charge in [0, 0.05) is 0 Å². The second kappa shape index (κ2) is 6.60. The van der Waals surface area contributed by atoms with E-state index >= 15 is 0 Å². The summed E-state index contributed by atoms with van der Waals surface area (Å²) in [4.78, 5) is 11.2. The van der Waals surface area contributed by atoms with Crippen LogP contribution >= 0.6 is 0 Å². The van der Waals surface area contributed by atoms with Crippen LogP contribution in [0.15, 0.2) is 18.2 Å². The van der Waals surface area contributed by atoms with Gasteiger partial charge >= 0.3 is 12.1 Å². The van der Waals surface area contributed by atoms with Gasteiger partial charge in [-0.15, -0.1) is 0 Å². The van der Waals surface area contributed by atoms with Crippen molar-refractivity contribution in [1.82, 2.24) is 0 Å². The summed E-state index contributed by atoms with van der Waals surface area (Å²) in [5, 5.41) is 0. The summed E-state index contributed by atoms with van der Waals surface area (Å²) in [7, 11) is 1.14. The van der Waals surface area contributed by atoms with Gasteiger partial charge < -0.3 is 15.2 Å². The van der Waals surface area contributed by atoms with Crippen LogP contribution in [0.25, 0.3) is 0 Å². The number of nitrogens with two attached hydrogens (primary N) is 1. The molecule has 1 rings (SSSR count). The molecule has 112 valence electrons. The van der Waals surface area contributed by atoms with Gasteiger partial charge in [-0.25, -0.2) is 4.79 Å². The van der Waals surface area contributed by atoms with E-state index in [9.17, 15) is 18.0 Å². The van der Waals surface area contributed by atoms with Crippen LogP contribution in [0, 0.1) is 0 Å². The van der Waals surface area contributed by atoms with Crippen LogP contribution in [0.5, 0.6) is 5.75 Å². The molecule has 0 amide bonds. The second-order valence-electron chi connectivity index (χ2n) is 4.15. The normalized spacial score (nSPS) is 12.9. The van der Waals surface area contributed by atoms with Crippen LogP contribution in [-0.2, 0) is 22.1 Å². The Morgan fingerprint density at radius 2 is 2.05 bits per heavy atom. The zero-order valence-corrected chi connectivity index (χ0v) is 11.2. The molecule has 4 nitrogen and oxygen atoms in total. The predicted molar refractivity (Wildman–Crippen MR) is 66.3 cm³/mol. The summed E-state index contributed by atoms with van der Waals surface area (Å²) in [5.74, 6) is -1.15. The van der Waals surface area contributed by atoms with E-state index in [4.69, 9.17) is 10.5 Å². The van der Waals surface area contributed by atoms with E-state index in [1.807, 2.05) is 0 Å². The summed E-state index contributed by atoms with van der Waals surface area (Å²) >= 11 is 0. The van der Waals surface area contributed by atoms with E-state index in [1.54, 1.807) is 0 Å². The van der Waals surface area contributed by atoms with E-state index in [-0.39, 0.29) is 6.54 Å². The Labute approximate surface area is 114 Å². The van der Waals surface area contributed by atoms with Crippen LogP contribution in [0.4, 0.5) is 13.2 Å². The van der Waals surface area contributed by atoms with Crippen molar-refractivity contribution in [2.75, 3.05) is 13.7 Å². The lowest BCUT2D eigenvalue weighted by molar-refractivity contribution is -0.150. The Kier molecular flexibility index (Phi) is 5.38. The SMILES string of the molecule is COC(=O)C(C)Oc1ccc(CCN)cc1C(F)(F)F. The molecule has 0 bridgehead atoms. The number of alkyl halides is 3. The first-order chi connectivity index (χ1) is 9.29. The fourth-order valence-electron chi connectivity index (χ4n) is 1.63. The molecule has 1 aromatic rings. The Morgan fingerprint density at radius 1 is 1.40 bits per heavy atom. The molecule has 0 aliphatic carbocycles. The monoisotopic (exact) mass is 291 g/mol. The number of rotatable bonds is 5. The maximum atomic E-state index is 13.0. The van der Waals surface area contributed by atoms with Gasteiger partial charge in [0.25, 0.3) is 0 Å². The first-order valence-corrected chi connectivity index (χ1v) is 5.94. The third-order valence-corrected chi connectivity index (χ3v) is 2.62. The predicted octanol–water partition coefficient (Wildman–Crippen LogP) is 2.15. The lowest BCUT2D eigenvalue weighted by Gasteiger charge is -2.18. The third-order valence-electron chi connectivity index (χ3n) is 2.62. The fraction of sp³-hybridized carbons (Fsp3) is 0.462. The van der Waals surface area contributed by atoms with Gasteiger partial charge in [0.05, 0.1) is 12.7 Å². The minimum atomic E-state index is -4.57. The molecule has 0 aromatic heterocycles. The van der Waals surface area contributed by atoms with Crippen molar-refractivity contribution in [3.05, 3.63) is 29.3 Å². The van der Waals surface area contributed by atoms with Gasteiger partial charge in [0.2, 0.25) is 0 Å². The van der Waals surface area contributed by atoms with Gasteiger partial charge in [0.1, 0.15) is 5.75 Å². The molecule has 0 spiro atoms. The summed E-state index contributed by atoms with van der Waals surface area (Å²) in [5.41, 5.74) is 4.85. The van der Waals surface area contributed by atoms with Crippen molar-refractivity contribution in [2.24, 2.45) is 5.73 Å². The molecule has 0 aliphatic heterocycles. The molecule has 1 unspecified atom stereocenters. The van der Waals surface area contributed by atoms with Crippen molar-refractivity contribution in [1.29, 1.82) is 0 Å². The zero-order chi connectivity index (χ0) is 15.3. The van der Waals surface area contributed by atoms with Crippen LogP contribution in [0.1, 0.15) is 18.1 Å². The molecular weight excluding hydrogens is 275 g/mol. The quantitative estimate of drug-likeness (QED) is 0.844. The number of carbonyl (C=O) groups excluding carboxylic acids is 1. The van der Waals surface area contributed by atoms with E-state index in [2.05, 4.69) is 4.74 Å². The third kappa shape index (κ3) is 4.12. The van der Waals surface area contributed by atoms with Crippen molar-refractivity contribution in [2.45, 2.75) is 25.6 Å². The molecule has 2 N–H and O–H groups in total. The van der Waals surface area contributed by atoms with E-state index in [0.717, 1.165) is 13.2 Å². The number of ether oxygens (including phenoxy) is 2. The highest BCUT2D eigenvalue weighted by atomic mass is 19.4. The molecule has 0 fully saturated rings.